The maximum atomic E-state index is 14.4. The van der Waals surface area contributed by atoms with Gasteiger partial charge in [-0.05, 0) is 169 Å². The number of anilines is 4. The van der Waals surface area contributed by atoms with Gasteiger partial charge in [0.15, 0.2) is 26.4 Å². The Hall–Kier alpha value is -7.92. The average molecular weight is 1370 g/mol. The normalized spacial score (nSPS) is 12.5. The molecule has 0 aromatic heterocycles. The van der Waals surface area contributed by atoms with Crippen molar-refractivity contribution in [1.29, 1.82) is 0 Å². The molecule has 1 aliphatic rings. The zero-order chi connectivity index (χ0) is 69.9. The van der Waals surface area contributed by atoms with Gasteiger partial charge in [0, 0.05) is 0 Å². The Morgan fingerprint density at radius 1 is 0.292 bits per heavy atom. The third-order valence-electron chi connectivity index (χ3n) is 15.8. The number of carbonyl (C=O) groups excluding carboxylic acids is 4. The third kappa shape index (κ3) is 17.6. The van der Waals surface area contributed by atoms with Crippen LogP contribution in [0.2, 0.25) is 0 Å². The summed E-state index contributed by atoms with van der Waals surface area (Å²) in [6.45, 7) is 29.9. The van der Waals surface area contributed by atoms with Crippen LogP contribution in [0.25, 0.3) is 0 Å². The fourth-order valence-electron chi connectivity index (χ4n) is 9.79. The summed E-state index contributed by atoms with van der Waals surface area (Å²) in [7, 11) is 0. The summed E-state index contributed by atoms with van der Waals surface area (Å²) in [5, 5.41) is 48.2. The molecular weight excluding hydrogens is 1290 g/mol. The van der Waals surface area contributed by atoms with E-state index in [0.717, 1.165) is 44.5 Å². The second-order valence-corrected chi connectivity index (χ2v) is 32.3. The zero-order valence-electron chi connectivity index (χ0n) is 57.2. The number of hydroxylamine groups is 4. The highest BCUT2D eigenvalue weighted by Gasteiger charge is 2.33. The molecular formula is C76H84N4O12S4. The van der Waals surface area contributed by atoms with Crippen LogP contribution in [0.3, 0.4) is 0 Å². The molecule has 0 radical (unpaired) electrons. The summed E-state index contributed by atoms with van der Waals surface area (Å²) in [5.41, 5.74) is 5.88. The molecule has 4 N–H and O–H groups in total. The van der Waals surface area contributed by atoms with E-state index < -0.39 is 71.7 Å². The third-order valence-corrected chi connectivity index (χ3v) is 20.0. The Labute approximate surface area is 580 Å². The molecule has 20 heteroatoms. The number of fused-ring (bicyclic) bond motifs is 8. The molecule has 8 bridgehead atoms. The van der Waals surface area contributed by atoms with Crippen LogP contribution in [0.5, 0.6) is 23.0 Å². The van der Waals surface area contributed by atoms with Crippen LogP contribution >= 0.6 is 47.0 Å². The molecule has 504 valence electrons. The van der Waals surface area contributed by atoms with Gasteiger partial charge >= 0.3 is 0 Å². The molecule has 0 saturated carbocycles. The van der Waals surface area contributed by atoms with E-state index in [1.54, 1.807) is 97.1 Å². The quantitative estimate of drug-likeness (QED) is 0.0526. The zero-order valence-corrected chi connectivity index (χ0v) is 60.4. The van der Waals surface area contributed by atoms with Crippen molar-refractivity contribution in [3.63, 3.8) is 0 Å². The van der Waals surface area contributed by atoms with Gasteiger partial charge in [-0.15, -0.1) is 0 Å². The highest BCUT2D eigenvalue weighted by molar-refractivity contribution is 8.01. The number of aryl methyl sites for hydroxylation is 4. The molecule has 0 aliphatic carbocycles. The molecule has 8 aromatic rings. The molecule has 96 heavy (non-hydrogen) atoms. The van der Waals surface area contributed by atoms with Crippen molar-refractivity contribution in [3.8, 4) is 23.0 Å². The van der Waals surface area contributed by atoms with E-state index in [2.05, 4.69) is 83.1 Å². The van der Waals surface area contributed by atoms with Crippen molar-refractivity contribution >= 4 is 93.4 Å². The lowest BCUT2D eigenvalue weighted by Gasteiger charge is -2.28. The van der Waals surface area contributed by atoms with E-state index in [0.29, 0.717) is 59.4 Å². The van der Waals surface area contributed by atoms with E-state index >= 15 is 0 Å². The van der Waals surface area contributed by atoms with Crippen molar-refractivity contribution in [3.05, 3.63) is 190 Å². The number of carbonyl (C=O) groups is 4. The topological polar surface area (TPSA) is 199 Å². The van der Waals surface area contributed by atoms with E-state index in [1.807, 2.05) is 76.2 Å². The number of hydrogen-bond donors (Lipinski definition) is 4. The summed E-state index contributed by atoms with van der Waals surface area (Å²) < 4.78 is 27.4. The van der Waals surface area contributed by atoms with E-state index in [4.69, 9.17) is 18.9 Å². The molecule has 0 unspecified atom stereocenters. The van der Waals surface area contributed by atoms with E-state index in [9.17, 15) is 40.0 Å². The number of amides is 4. The van der Waals surface area contributed by atoms with Crippen molar-refractivity contribution in [2.75, 3.05) is 46.7 Å². The Bertz CT molecular complexity index is 3560. The van der Waals surface area contributed by atoms with Crippen molar-refractivity contribution < 1.29 is 59.0 Å². The van der Waals surface area contributed by atoms with Crippen LogP contribution in [0, 0.1) is 27.7 Å². The lowest BCUT2D eigenvalue weighted by Crippen LogP contribution is -2.32. The van der Waals surface area contributed by atoms with Gasteiger partial charge in [0.2, 0.25) is 0 Å². The highest BCUT2D eigenvalue weighted by Crippen LogP contribution is 2.57. The van der Waals surface area contributed by atoms with Crippen molar-refractivity contribution in [1.82, 2.24) is 0 Å². The molecule has 0 fully saturated rings. The minimum absolute atomic E-state index is 0.230. The number of nitrogens with zero attached hydrogens (tertiary/aromatic N) is 4. The highest BCUT2D eigenvalue weighted by atomic mass is 32.2. The second kappa shape index (κ2) is 29.4. The first kappa shape index (κ1) is 72.4. The number of hydrogen-bond acceptors (Lipinski definition) is 16. The fourth-order valence-corrected chi connectivity index (χ4v) is 14.6. The predicted octanol–water partition coefficient (Wildman–Crippen LogP) is 18.2. The fraction of sp³-hybridized carbons (Fsp3) is 0.316. The van der Waals surface area contributed by atoms with E-state index in [1.165, 1.54) is 47.0 Å². The van der Waals surface area contributed by atoms with Crippen LogP contribution in [0.1, 0.15) is 128 Å². The van der Waals surface area contributed by atoms with Gasteiger partial charge in [-0.25, -0.2) is 0 Å². The van der Waals surface area contributed by atoms with Gasteiger partial charge in [0.1, 0.15) is 23.0 Å². The molecule has 9 rings (SSSR count). The van der Waals surface area contributed by atoms with Crippen LogP contribution in [-0.4, -0.2) is 70.9 Å². The first-order chi connectivity index (χ1) is 45.0. The van der Waals surface area contributed by atoms with Gasteiger partial charge in [0.05, 0.1) is 61.9 Å². The van der Waals surface area contributed by atoms with Crippen LogP contribution in [0.15, 0.2) is 185 Å². The predicted molar refractivity (Wildman–Crippen MR) is 381 cm³/mol. The summed E-state index contributed by atoms with van der Waals surface area (Å²) in [6.07, 6.45) is 0. The Morgan fingerprint density at radius 2 is 0.438 bits per heavy atom. The maximum Gasteiger partial charge on any atom is 0.288 e. The maximum absolute atomic E-state index is 14.4. The van der Waals surface area contributed by atoms with Crippen molar-refractivity contribution in [2.45, 2.75) is 172 Å². The molecule has 4 amide bonds. The van der Waals surface area contributed by atoms with E-state index in [-0.39, 0.29) is 45.7 Å². The average Bonchev–Trinajstić information content (AvgIpc) is 0.768. The van der Waals surface area contributed by atoms with Crippen LogP contribution in [0.4, 0.5) is 22.7 Å². The summed E-state index contributed by atoms with van der Waals surface area (Å²) in [5.74, 6) is -2.18. The SMILES string of the molecule is Cc1ccc(N(O)C(=O)COc2c3cc(C(C)(C)C)cc2Sc2cc(C(C)(C)C)cc(c2OCC(=O)N(O)c2ccc(C)cc2)Sc2cc(C(C)(C)C)cc(c2OCC(=O)N(O)c2ccc(C)cc2)Sc2cc(C(C)(C)C)cc(c2OCC(=O)N(O)c2ccc(C)cc2)S3)cc1. The molecule has 0 saturated heterocycles. The van der Waals surface area contributed by atoms with Gasteiger partial charge in [0.25, 0.3) is 23.6 Å². The monoisotopic (exact) mass is 1370 g/mol. The lowest BCUT2D eigenvalue weighted by molar-refractivity contribution is -0.126. The number of ether oxygens (including phenoxy) is 4. The van der Waals surface area contributed by atoms with Gasteiger partial charge in [-0.1, -0.05) is 201 Å². The smallest absolute Gasteiger partial charge is 0.288 e. The largest absolute Gasteiger partial charge is 0.481 e. The molecule has 8 aromatic carbocycles. The molecule has 1 aliphatic heterocycles. The lowest BCUT2D eigenvalue weighted by atomic mass is 9.87. The number of benzene rings is 8. The van der Waals surface area contributed by atoms with Gasteiger partial charge < -0.3 is 18.9 Å². The summed E-state index contributed by atoms with van der Waals surface area (Å²) >= 11 is 5.05. The Kier molecular flexibility index (Phi) is 22.2. The molecule has 0 atom stereocenters. The first-order valence-electron chi connectivity index (χ1n) is 31.3. The van der Waals surface area contributed by atoms with Crippen LogP contribution in [-0.2, 0) is 40.8 Å². The van der Waals surface area contributed by atoms with Gasteiger partial charge in [-0.2, -0.15) is 20.3 Å². The van der Waals surface area contributed by atoms with Crippen LogP contribution < -0.4 is 39.2 Å². The number of rotatable bonds is 16. The minimum atomic E-state index is -0.777. The standard InChI is InChI=1S/C76H84N4O12S4/c1-45-17-25-53(26-18-45)77(85)65(81)41-89-69-57-33-49(73(5,6)7)34-58(69)94-60-36-51(75(11,12)13)38-62(71(60)91-43-67(83)79(87)55-29-21-47(3)22-30-55)96-64-40-52(76(14,15)16)39-63(72(64)92-44-68(84)80(88)56-31-23-48(4)24-32-56)95-61-37-50(74(8,9)10)35-59(93-57)70(61)90-42-66(82)78(86)54-27-19-46(2)20-28-54/h17-40,85-88H,41-44H2,1-16H3. The Balaban J connectivity index is 1.35. The molecule has 16 nitrogen and oxygen atoms in total. The summed E-state index contributed by atoms with van der Waals surface area (Å²) in [6, 6.07) is 43.2. The van der Waals surface area contributed by atoms with Crippen molar-refractivity contribution in [2.24, 2.45) is 0 Å². The molecule has 0 spiro atoms. The summed E-state index contributed by atoms with van der Waals surface area (Å²) in [4.78, 5) is 61.4. The Morgan fingerprint density at radius 3 is 0.573 bits per heavy atom. The second-order valence-electron chi connectivity index (χ2n) is 27.9. The van der Waals surface area contributed by atoms with Gasteiger partial charge in [-0.3, -0.25) is 40.0 Å². The first-order valence-corrected chi connectivity index (χ1v) is 34.6. The minimum Gasteiger partial charge on any atom is -0.481 e. The molecule has 1 heterocycles.